The number of thioether (sulfide) groups is 2. The molecule has 0 aromatic rings. The zero-order chi connectivity index (χ0) is 13.5. The quantitative estimate of drug-likeness (QED) is 0.571. The third kappa shape index (κ3) is 2.25. The van der Waals surface area contributed by atoms with Gasteiger partial charge in [-0.1, -0.05) is 12.8 Å². The minimum absolute atomic E-state index is 0.155. The maximum Gasteiger partial charge on any atom is 0.188 e. The summed E-state index contributed by atoms with van der Waals surface area (Å²) in [5.41, 5.74) is 0.986. The van der Waals surface area contributed by atoms with Crippen LogP contribution in [0, 0.1) is 11.8 Å². The van der Waals surface area contributed by atoms with Crippen LogP contribution < -0.4 is 0 Å². The van der Waals surface area contributed by atoms with Crippen molar-refractivity contribution in [3.05, 3.63) is 11.8 Å². The Morgan fingerprint density at radius 1 is 1.26 bits per heavy atom. The fourth-order valence-electron chi connectivity index (χ4n) is 3.62. The van der Waals surface area contributed by atoms with Crippen LogP contribution >= 0.6 is 23.5 Å². The first-order valence-corrected chi connectivity index (χ1v) is 9.30. The summed E-state index contributed by atoms with van der Waals surface area (Å²) in [6, 6.07) is 0. The molecule has 0 N–H and O–H groups in total. The van der Waals surface area contributed by atoms with E-state index in [9.17, 15) is 4.79 Å². The monoisotopic (exact) mass is 298 g/mol. The van der Waals surface area contributed by atoms with Crippen molar-refractivity contribution >= 4 is 29.3 Å². The lowest BCUT2D eigenvalue weighted by atomic mass is 9.80. The van der Waals surface area contributed by atoms with Gasteiger partial charge in [-0.05, 0) is 38.5 Å². The van der Waals surface area contributed by atoms with Crippen molar-refractivity contribution < 1.29 is 9.53 Å². The van der Waals surface area contributed by atoms with E-state index in [1.54, 1.807) is 6.26 Å². The minimum Gasteiger partial charge on any atom is -0.498 e. The molecule has 4 heteroatoms. The Bertz CT molecular complexity index is 397. The van der Waals surface area contributed by atoms with Crippen LogP contribution in [0.5, 0.6) is 0 Å². The van der Waals surface area contributed by atoms with Gasteiger partial charge in [0.1, 0.15) is 4.08 Å². The maximum absolute atomic E-state index is 12.9. The van der Waals surface area contributed by atoms with E-state index in [2.05, 4.69) is 0 Å². The summed E-state index contributed by atoms with van der Waals surface area (Å²) >= 11 is 3.80. The maximum atomic E-state index is 12.9. The van der Waals surface area contributed by atoms with Gasteiger partial charge in [0, 0.05) is 17.1 Å². The second-order valence-electron chi connectivity index (χ2n) is 5.95. The SMILES string of the molecule is CC(C)O/C=C1\C(=O)C2(SCCS2)[C@H]2CCCC[C@@H]12. The van der Waals surface area contributed by atoms with Crippen molar-refractivity contribution in [1.29, 1.82) is 0 Å². The number of carbonyl (C=O) groups is 1. The largest absolute Gasteiger partial charge is 0.498 e. The number of fused-ring (bicyclic) bond motifs is 2. The fourth-order valence-corrected chi connectivity index (χ4v) is 7.22. The third-order valence-electron chi connectivity index (χ3n) is 4.42. The molecular formula is C15H22O2S2. The van der Waals surface area contributed by atoms with Crippen molar-refractivity contribution in [2.45, 2.75) is 49.7 Å². The highest BCUT2D eigenvalue weighted by Gasteiger charge is 2.60. The number of ether oxygens (including phenoxy) is 1. The molecule has 0 bridgehead atoms. The topological polar surface area (TPSA) is 26.3 Å². The Kier molecular flexibility index (Phi) is 3.91. The minimum atomic E-state index is -0.155. The predicted octanol–water partition coefficient (Wildman–Crippen LogP) is 3.86. The molecule has 106 valence electrons. The molecule has 0 amide bonds. The molecule has 0 aromatic heterocycles. The van der Waals surface area contributed by atoms with Gasteiger partial charge in [-0.2, -0.15) is 0 Å². The van der Waals surface area contributed by atoms with Crippen LogP contribution in [0.25, 0.3) is 0 Å². The molecule has 1 aliphatic heterocycles. The molecule has 2 aliphatic carbocycles. The molecular weight excluding hydrogens is 276 g/mol. The predicted molar refractivity (Wildman–Crippen MR) is 82.4 cm³/mol. The lowest BCUT2D eigenvalue weighted by Crippen LogP contribution is -2.33. The lowest BCUT2D eigenvalue weighted by molar-refractivity contribution is -0.115. The molecule has 1 saturated heterocycles. The highest BCUT2D eigenvalue weighted by Crippen LogP contribution is 2.62. The van der Waals surface area contributed by atoms with Gasteiger partial charge in [-0.25, -0.2) is 0 Å². The average molecular weight is 298 g/mol. The first-order chi connectivity index (χ1) is 9.15. The summed E-state index contributed by atoms with van der Waals surface area (Å²) < 4.78 is 5.49. The zero-order valence-corrected chi connectivity index (χ0v) is 13.3. The summed E-state index contributed by atoms with van der Waals surface area (Å²) in [6.07, 6.45) is 6.89. The summed E-state index contributed by atoms with van der Waals surface area (Å²) in [5.74, 6) is 3.62. The van der Waals surface area contributed by atoms with Gasteiger partial charge in [0.2, 0.25) is 0 Å². The number of hydrogen-bond acceptors (Lipinski definition) is 4. The van der Waals surface area contributed by atoms with E-state index in [0.717, 1.165) is 17.1 Å². The number of allylic oxidation sites excluding steroid dienone is 1. The van der Waals surface area contributed by atoms with Crippen LogP contribution in [0.4, 0.5) is 0 Å². The van der Waals surface area contributed by atoms with Crippen molar-refractivity contribution in [2.24, 2.45) is 11.8 Å². The van der Waals surface area contributed by atoms with E-state index in [0.29, 0.717) is 17.6 Å². The summed E-state index contributed by atoms with van der Waals surface area (Å²) in [7, 11) is 0. The second kappa shape index (κ2) is 5.36. The number of hydrogen-bond donors (Lipinski definition) is 0. The van der Waals surface area contributed by atoms with Crippen LogP contribution in [-0.2, 0) is 9.53 Å². The summed E-state index contributed by atoms with van der Waals surface area (Å²) in [5, 5.41) is 0. The zero-order valence-electron chi connectivity index (χ0n) is 11.7. The van der Waals surface area contributed by atoms with Crippen LogP contribution in [0.15, 0.2) is 11.8 Å². The first kappa shape index (κ1) is 13.9. The Balaban J connectivity index is 1.92. The Hall–Kier alpha value is -0.0900. The van der Waals surface area contributed by atoms with Crippen molar-refractivity contribution in [2.75, 3.05) is 11.5 Å². The third-order valence-corrected chi connectivity index (χ3v) is 8.03. The molecule has 1 spiro atoms. The van der Waals surface area contributed by atoms with Gasteiger partial charge in [0.25, 0.3) is 0 Å². The molecule has 0 unspecified atom stereocenters. The Labute approximate surface area is 124 Å². The van der Waals surface area contributed by atoms with E-state index in [4.69, 9.17) is 4.74 Å². The molecule has 3 rings (SSSR count). The number of carbonyl (C=O) groups excluding carboxylic acids is 1. The molecule has 0 radical (unpaired) electrons. The summed E-state index contributed by atoms with van der Waals surface area (Å²) in [6.45, 7) is 4.04. The molecule has 2 saturated carbocycles. The van der Waals surface area contributed by atoms with Gasteiger partial charge >= 0.3 is 0 Å². The van der Waals surface area contributed by atoms with Gasteiger partial charge in [-0.15, -0.1) is 23.5 Å². The molecule has 3 fully saturated rings. The Morgan fingerprint density at radius 2 is 1.95 bits per heavy atom. The number of ketones is 1. The lowest BCUT2D eigenvalue weighted by Gasteiger charge is -2.33. The normalized spacial score (nSPS) is 35.3. The van der Waals surface area contributed by atoms with E-state index in [1.165, 1.54) is 25.7 Å². The Morgan fingerprint density at radius 3 is 2.63 bits per heavy atom. The van der Waals surface area contributed by atoms with Crippen LogP contribution in [0.1, 0.15) is 39.5 Å². The number of Topliss-reactive ketones (excluding diaryl/α,β-unsaturated/α-hetero) is 1. The molecule has 19 heavy (non-hydrogen) atoms. The molecule has 1 heterocycles. The van der Waals surface area contributed by atoms with Gasteiger partial charge in [0.05, 0.1) is 12.4 Å². The molecule has 2 nitrogen and oxygen atoms in total. The van der Waals surface area contributed by atoms with Crippen LogP contribution in [-0.4, -0.2) is 27.5 Å². The van der Waals surface area contributed by atoms with Gasteiger partial charge in [0.15, 0.2) is 5.78 Å². The van der Waals surface area contributed by atoms with E-state index >= 15 is 0 Å². The standard InChI is InChI=1S/C15H22O2S2/c1-10(2)17-9-12-11-5-3-4-6-13(11)15(14(12)16)18-7-8-19-15/h9-11,13H,3-8H2,1-2H3/b12-9-/t11-,13-/m0/s1. The fraction of sp³-hybridized carbons (Fsp3) is 0.800. The highest BCUT2D eigenvalue weighted by molar-refractivity contribution is 8.22. The molecule has 0 aromatic carbocycles. The van der Waals surface area contributed by atoms with E-state index in [-0.39, 0.29) is 10.2 Å². The first-order valence-electron chi connectivity index (χ1n) is 7.33. The smallest absolute Gasteiger partial charge is 0.188 e. The van der Waals surface area contributed by atoms with Crippen LogP contribution in [0.2, 0.25) is 0 Å². The average Bonchev–Trinajstić information content (AvgIpc) is 2.96. The van der Waals surface area contributed by atoms with Crippen molar-refractivity contribution in [3.8, 4) is 0 Å². The molecule has 3 aliphatic rings. The molecule has 2 atom stereocenters. The van der Waals surface area contributed by atoms with Crippen molar-refractivity contribution in [3.63, 3.8) is 0 Å². The van der Waals surface area contributed by atoms with E-state index in [1.807, 2.05) is 37.4 Å². The number of rotatable bonds is 2. The summed E-state index contributed by atoms with van der Waals surface area (Å²) in [4.78, 5) is 12.9. The van der Waals surface area contributed by atoms with E-state index < -0.39 is 0 Å². The van der Waals surface area contributed by atoms with Gasteiger partial charge < -0.3 is 4.74 Å². The van der Waals surface area contributed by atoms with Crippen LogP contribution in [0.3, 0.4) is 0 Å². The van der Waals surface area contributed by atoms with Crippen molar-refractivity contribution in [1.82, 2.24) is 0 Å². The second-order valence-corrected chi connectivity index (χ2v) is 8.89. The highest BCUT2D eigenvalue weighted by atomic mass is 32.2. The van der Waals surface area contributed by atoms with Gasteiger partial charge in [-0.3, -0.25) is 4.79 Å².